The highest BCUT2D eigenvalue weighted by Crippen LogP contribution is 2.31. The molecule has 11 heteroatoms. The van der Waals surface area contributed by atoms with Gasteiger partial charge in [-0.05, 0) is 73.5 Å². The summed E-state index contributed by atoms with van der Waals surface area (Å²) in [5, 5.41) is 9.78. The number of hydrogen-bond donors (Lipinski definition) is 1. The van der Waals surface area contributed by atoms with Crippen molar-refractivity contribution in [3.63, 3.8) is 0 Å². The highest BCUT2D eigenvalue weighted by Gasteiger charge is 2.25. The Morgan fingerprint density at radius 2 is 1.77 bits per heavy atom. The first-order chi connectivity index (χ1) is 16.6. The van der Waals surface area contributed by atoms with Crippen LogP contribution in [-0.4, -0.2) is 23.2 Å². The number of nitrogens with one attached hydrogen (secondary N) is 1. The lowest BCUT2D eigenvalue weighted by molar-refractivity contribution is 0.556. The van der Waals surface area contributed by atoms with Gasteiger partial charge in [-0.1, -0.05) is 57.5 Å². The minimum absolute atomic E-state index is 0.142. The Hall–Kier alpha value is -2.24. The van der Waals surface area contributed by atoms with Crippen LogP contribution < -0.4 is 4.72 Å². The Morgan fingerprint density at radius 1 is 1.09 bits per heavy atom. The van der Waals surface area contributed by atoms with E-state index in [0.29, 0.717) is 21.8 Å². The molecule has 0 aliphatic carbocycles. The molecule has 1 atom stereocenters. The van der Waals surface area contributed by atoms with E-state index in [-0.39, 0.29) is 10.7 Å². The van der Waals surface area contributed by atoms with Gasteiger partial charge in [-0.25, -0.2) is 17.5 Å². The van der Waals surface area contributed by atoms with Crippen molar-refractivity contribution >= 4 is 49.3 Å². The summed E-state index contributed by atoms with van der Waals surface area (Å²) in [5.74, 6) is 0.639. The van der Waals surface area contributed by atoms with Crippen molar-refractivity contribution in [2.45, 2.75) is 35.7 Å². The molecule has 0 spiro atoms. The third-order valence-electron chi connectivity index (χ3n) is 5.19. The molecule has 35 heavy (non-hydrogen) atoms. The SMILES string of the molecule is Cc1ccc(Cl)cc1-n1c(SCc2ccc(F)cc2)nnc1C(C)NS(=O)(=O)c1ccc(Br)cc1. The average Bonchev–Trinajstić information content (AvgIpc) is 3.24. The second-order valence-electron chi connectivity index (χ2n) is 7.82. The van der Waals surface area contributed by atoms with Crippen molar-refractivity contribution in [3.8, 4) is 5.69 Å². The number of thioether (sulfide) groups is 1. The van der Waals surface area contributed by atoms with E-state index < -0.39 is 16.1 Å². The maximum Gasteiger partial charge on any atom is 0.241 e. The summed E-state index contributed by atoms with van der Waals surface area (Å²) >= 11 is 11.0. The number of halogens is 3. The molecule has 3 aromatic carbocycles. The molecule has 6 nitrogen and oxygen atoms in total. The van der Waals surface area contributed by atoms with Crippen molar-refractivity contribution in [2.75, 3.05) is 0 Å². The standard InChI is InChI=1S/C24H21BrClFN4O2S2/c1-15-3-8-19(26)13-22(15)31-23(16(2)30-35(32,33)21-11-6-18(25)7-12-21)28-29-24(31)34-14-17-4-9-20(27)10-5-17/h3-13,16,30H,14H2,1-2H3. The van der Waals surface area contributed by atoms with Gasteiger partial charge in [0.1, 0.15) is 5.82 Å². The van der Waals surface area contributed by atoms with Gasteiger partial charge in [-0.15, -0.1) is 10.2 Å². The Kier molecular flexibility index (Phi) is 7.97. The molecule has 0 saturated heterocycles. The van der Waals surface area contributed by atoms with Gasteiger partial charge in [-0.3, -0.25) is 4.57 Å². The van der Waals surface area contributed by atoms with E-state index in [2.05, 4.69) is 30.8 Å². The zero-order chi connectivity index (χ0) is 25.2. The van der Waals surface area contributed by atoms with E-state index in [4.69, 9.17) is 11.6 Å². The van der Waals surface area contributed by atoms with Crippen LogP contribution in [-0.2, 0) is 15.8 Å². The van der Waals surface area contributed by atoms with E-state index >= 15 is 0 Å². The molecule has 0 radical (unpaired) electrons. The van der Waals surface area contributed by atoms with E-state index in [1.165, 1.54) is 36.0 Å². The van der Waals surface area contributed by atoms with Gasteiger partial charge in [0, 0.05) is 15.2 Å². The lowest BCUT2D eigenvalue weighted by Gasteiger charge is -2.18. The number of benzene rings is 3. The summed E-state index contributed by atoms with van der Waals surface area (Å²) in [7, 11) is -3.81. The molecule has 1 N–H and O–H groups in total. The lowest BCUT2D eigenvalue weighted by Crippen LogP contribution is -2.29. The number of sulfonamides is 1. The first-order valence-corrected chi connectivity index (χ1v) is 14.1. The van der Waals surface area contributed by atoms with Gasteiger partial charge in [0.15, 0.2) is 11.0 Å². The van der Waals surface area contributed by atoms with Crippen LogP contribution in [0.2, 0.25) is 5.02 Å². The molecule has 0 saturated carbocycles. The second-order valence-corrected chi connectivity index (χ2v) is 11.8. The van der Waals surface area contributed by atoms with E-state index in [0.717, 1.165) is 21.3 Å². The molecule has 0 bridgehead atoms. The quantitative estimate of drug-likeness (QED) is 0.237. The molecule has 0 aliphatic heterocycles. The van der Waals surface area contributed by atoms with Crippen molar-refractivity contribution < 1.29 is 12.8 Å². The molecule has 1 aromatic heterocycles. The van der Waals surface area contributed by atoms with Gasteiger partial charge < -0.3 is 0 Å². The predicted octanol–water partition coefficient (Wildman–Crippen LogP) is 6.46. The number of rotatable bonds is 8. The third kappa shape index (κ3) is 6.13. The van der Waals surface area contributed by atoms with Crippen LogP contribution in [0.3, 0.4) is 0 Å². The minimum atomic E-state index is -3.81. The van der Waals surface area contributed by atoms with Crippen LogP contribution in [0.25, 0.3) is 5.69 Å². The number of aromatic nitrogens is 3. The molecular weight excluding hydrogens is 575 g/mol. The molecule has 182 valence electrons. The number of nitrogens with zero attached hydrogens (tertiary/aromatic N) is 3. The molecule has 0 amide bonds. The fourth-order valence-electron chi connectivity index (χ4n) is 3.40. The molecule has 0 fully saturated rings. The van der Waals surface area contributed by atoms with Gasteiger partial charge in [-0.2, -0.15) is 0 Å². The van der Waals surface area contributed by atoms with Crippen LogP contribution in [0.5, 0.6) is 0 Å². The van der Waals surface area contributed by atoms with Crippen molar-refractivity contribution in [1.29, 1.82) is 0 Å². The van der Waals surface area contributed by atoms with E-state index in [1.807, 2.05) is 17.6 Å². The number of hydrogen-bond acceptors (Lipinski definition) is 5. The summed E-state index contributed by atoms with van der Waals surface area (Å²) in [6.45, 7) is 3.64. The zero-order valence-electron chi connectivity index (χ0n) is 18.7. The monoisotopic (exact) mass is 594 g/mol. The Balaban J connectivity index is 1.70. The maximum absolute atomic E-state index is 13.3. The van der Waals surface area contributed by atoms with Crippen LogP contribution >= 0.6 is 39.3 Å². The van der Waals surface area contributed by atoms with Crippen molar-refractivity contribution in [3.05, 3.63) is 99.0 Å². The normalized spacial score (nSPS) is 12.6. The molecule has 4 aromatic rings. The Morgan fingerprint density at radius 3 is 2.46 bits per heavy atom. The third-order valence-corrected chi connectivity index (χ3v) is 8.52. The number of aryl methyl sites for hydroxylation is 1. The summed E-state index contributed by atoms with van der Waals surface area (Å²) < 4.78 is 44.6. The molecule has 1 unspecified atom stereocenters. The first kappa shape index (κ1) is 25.8. The first-order valence-electron chi connectivity index (χ1n) is 10.5. The van der Waals surface area contributed by atoms with Gasteiger partial charge >= 0.3 is 0 Å². The van der Waals surface area contributed by atoms with Crippen molar-refractivity contribution in [1.82, 2.24) is 19.5 Å². The average molecular weight is 596 g/mol. The van der Waals surface area contributed by atoms with Gasteiger partial charge in [0.2, 0.25) is 10.0 Å². The zero-order valence-corrected chi connectivity index (χ0v) is 22.7. The van der Waals surface area contributed by atoms with Crippen LogP contribution in [0.15, 0.2) is 81.3 Å². The van der Waals surface area contributed by atoms with Crippen LogP contribution in [0.4, 0.5) is 4.39 Å². The summed E-state index contributed by atoms with van der Waals surface area (Å²) in [6, 6.07) is 17.4. The topological polar surface area (TPSA) is 76.9 Å². The molecule has 4 rings (SSSR count). The maximum atomic E-state index is 13.3. The van der Waals surface area contributed by atoms with Crippen LogP contribution in [0, 0.1) is 12.7 Å². The smallest absolute Gasteiger partial charge is 0.241 e. The Labute approximate surface area is 221 Å². The van der Waals surface area contributed by atoms with E-state index in [9.17, 15) is 12.8 Å². The molecule has 0 aliphatic rings. The van der Waals surface area contributed by atoms with Gasteiger partial charge in [0.25, 0.3) is 0 Å². The summed E-state index contributed by atoms with van der Waals surface area (Å²) in [4.78, 5) is 0.142. The highest BCUT2D eigenvalue weighted by molar-refractivity contribution is 9.10. The Bertz CT molecular complexity index is 1450. The summed E-state index contributed by atoms with van der Waals surface area (Å²) in [5.41, 5.74) is 2.58. The highest BCUT2D eigenvalue weighted by atomic mass is 79.9. The van der Waals surface area contributed by atoms with E-state index in [1.54, 1.807) is 43.3 Å². The predicted molar refractivity (Wildman–Crippen MR) is 140 cm³/mol. The fraction of sp³-hybridized carbons (Fsp3) is 0.167. The van der Waals surface area contributed by atoms with Crippen molar-refractivity contribution in [2.24, 2.45) is 0 Å². The summed E-state index contributed by atoms with van der Waals surface area (Å²) in [6.07, 6.45) is 0. The molecular formula is C24H21BrClFN4O2S2. The second kappa shape index (κ2) is 10.8. The largest absolute Gasteiger partial charge is 0.272 e. The fourth-order valence-corrected chi connectivity index (χ4v) is 5.94. The minimum Gasteiger partial charge on any atom is -0.272 e. The van der Waals surface area contributed by atoms with Gasteiger partial charge in [0.05, 0.1) is 16.6 Å². The van der Waals surface area contributed by atoms with Crippen LogP contribution in [0.1, 0.15) is 29.9 Å². The lowest BCUT2D eigenvalue weighted by atomic mass is 10.2. The molecule has 1 heterocycles.